The van der Waals surface area contributed by atoms with Crippen LogP contribution in [0.1, 0.15) is 29.9 Å². The second kappa shape index (κ2) is 7.66. The van der Waals surface area contributed by atoms with E-state index in [1.54, 1.807) is 0 Å². The van der Waals surface area contributed by atoms with Gasteiger partial charge < -0.3 is 9.84 Å². The van der Waals surface area contributed by atoms with E-state index in [1.807, 2.05) is 48.5 Å². The summed E-state index contributed by atoms with van der Waals surface area (Å²) in [6.45, 7) is -0.323. The van der Waals surface area contributed by atoms with Gasteiger partial charge in [0.1, 0.15) is 12.6 Å². The molecule has 0 saturated carbocycles. The largest absolute Gasteiger partial charge is 0.480 e. The number of carbonyl (C=O) groups excluding carboxylic acids is 1. The molecular formula is C22H20F3NO4. The van der Waals surface area contributed by atoms with Gasteiger partial charge in [0.25, 0.3) is 0 Å². The first-order valence-corrected chi connectivity index (χ1v) is 9.68. The molecule has 2 aliphatic rings. The summed E-state index contributed by atoms with van der Waals surface area (Å²) in [6.07, 6.45) is -6.38. The lowest BCUT2D eigenvalue weighted by molar-refractivity contribution is -0.191. The monoisotopic (exact) mass is 419 g/mol. The van der Waals surface area contributed by atoms with E-state index < -0.39 is 36.6 Å². The smallest absolute Gasteiger partial charge is 0.410 e. The molecule has 1 heterocycles. The number of carboxylic acids is 1. The fourth-order valence-electron chi connectivity index (χ4n) is 4.39. The van der Waals surface area contributed by atoms with Crippen molar-refractivity contribution >= 4 is 12.1 Å². The van der Waals surface area contributed by atoms with Gasteiger partial charge in [-0.3, -0.25) is 4.90 Å². The molecule has 4 rings (SSSR count). The number of nitrogens with zero attached hydrogens (tertiary/aromatic N) is 1. The molecule has 1 aliphatic carbocycles. The number of halogens is 3. The Hall–Kier alpha value is -3.03. The van der Waals surface area contributed by atoms with Gasteiger partial charge in [0.2, 0.25) is 0 Å². The number of hydrogen-bond acceptors (Lipinski definition) is 3. The fraction of sp³-hybridized carbons (Fsp3) is 0.364. The number of benzene rings is 2. The summed E-state index contributed by atoms with van der Waals surface area (Å²) in [4.78, 5) is 25.0. The van der Waals surface area contributed by atoms with Gasteiger partial charge in [0, 0.05) is 12.5 Å². The Morgan fingerprint density at radius 1 is 1.03 bits per heavy atom. The van der Waals surface area contributed by atoms with Crippen LogP contribution in [-0.2, 0) is 9.53 Å². The van der Waals surface area contributed by atoms with E-state index in [2.05, 4.69) is 0 Å². The quantitative estimate of drug-likeness (QED) is 0.786. The molecule has 5 nitrogen and oxygen atoms in total. The van der Waals surface area contributed by atoms with Crippen LogP contribution in [0.5, 0.6) is 0 Å². The van der Waals surface area contributed by atoms with Crippen molar-refractivity contribution in [1.29, 1.82) is 0 Å². The molecule has 1 amide bonds. The highest BCUT2D eigenvalue weighted by Gasteiger charge is 2.47. The molecule has 158 valence electrons. The minimum atomic E-state index is -4.49. The zero-order chi connectivity index (χ0) is 21.5. The Morgan fingerprint density at radius 2 is 1.60 bits per heavy atom. The van der Waals surface area contributed by atoms with Crippen LogP contribution in [0.15, 0.2) is 48.5 Å². The zero-order valence-corrected chi connectivity index (χ0v) is 15.9. The minimum Gasteiger partial charge on any atom is -0.480 e. The van der Waals surface area contributed by atoms with E-state index in [4.69, 9.17) is 4.74 Å². The molecule has 0 bridgehead atoms. The third-order valence-corrected chi connectivity index (χ3v) is 5.92. The summed E-state index contributed by atoms with van der Waals surface area (Å²) in [5, 5.41) is 9.36. The van der Waals surface area contributed by atoms with Crippen molar-refractivity contribution in [3.63, 3.8) is 0 Å². The summed E-state index contributed by atoms with van der Waals surface area (Å²) < 4.78 is 44.5. The van der Waals surface area contributed by atoms with Crippen molar-refractivity contribution in [2.45, 2.75) is 31.0 Å². The lowest BCUT2D eigenvalue weighted by Gasteiger charge is -2.37. The maximum absolute atomic E-state index is 13.0. The third kappa shape index (κ3) is 3.62. The number of carboxylic acid groups (broad SMARTS) is 1. The Labute approximate surface area is 171 Å². The third-order valence-electron chi connectivity index (χ3n) is 5.92. The number of aliphatic carboxylic acids is 1. The standard InChI is InChI=1S/C22H20F3NO4/c23-22(24,25)13-9-10-26(19(11-13)20(27)28)21(29)30-12-18-16-7-3-1-5-14(16)15-6-2-4-8-17(15)18/h1-8,13,18-19H,9-12H2,(H,27,28)/t13-,19+/m0/s1. The van der Waals surface area contributed by atoms with Gasteiger partial charge in [-0.1, -0.05) is 48.5 Å². The minimum absolute atomic E-state index is 0.0155. The Bertz CT molecular complexity index is 929. The normalized spacial score (nSPS) is 21.1. The molecule has 30 heavy (non-hydrogen) atoms. The van der Waals surface area contributed by atoms with Crippen LogP contribution < -0.4 is 0 Å². The van der Waals surface area contributed by atoms with E-state index in [1.165, 1.54) is 0 Å². The second-order valence-corrected chi connectivity index (χ2v) is 7.61. The van der Waals surface area contributed by atoms with Crippen LogP contribution in [0, 0.1) is 5.92 Å². The topological polar surface area (TPSA) is 66.8 Å². The van der Waals surface area contributed by atoms with Gasteiger partial charge in [0.15, 0.2) is 0 Å². The molecule has 0 radical (unpaired) electrons. The second-order valence-electron chi connectivity index (χ2n) is 7.61. The number of hydrogen-bond donors (Lipinski definition) is 1. The van der Waals surface area contributed by atoms with Crippen molar-refractivity contribution in [3.05, 3.63) is 59.7 Å². The Morgan fingerprint density at radius 3 is 2.13 bits per heavy atom. The van der Waals surface area contributed by atoms with Gasteiger partial charge in [-0.2, -0.15) is 13.2 Å². The summed E-state index contributed by atoms with van der Waals surface area (Å²) in [6, 6.07) is 13.9. The van der Waals surface area contributed by atoms with E-state index >= 15 is 0 Å². The SMILES string of the molecule is O=C(O)[C@H]1C[C@@H](C(F)(F)F)CCN1C(=O)OCC1c2ccccc2-c2ccccc21. The Balaban J connectivity index is 1.49. The van der Waals surface area contributed by atoms with Crippen LogP contribution in [0.2, 0.25) is 0 Å². The van der Waals surface area contributed by atoms with Crippen LogP contribution in [-0.4, -0.2) is 47.4 Å². The van der Waals surface area contributed by atoms with Gasteiger partial charge in [-0.25, -0.2) is 9.59 Å². The first-order valence-electron chi connectivity index (χ1n) is 9.68. The number of fused-ring (bicyclic) bond motifs is 3. The lowest BCUT2D eigenvalue weighted by Crippen LogP contribution is -2.52. The predicted octanol–water partition coefficient (Wildman–Crippen LogP) is 4.66. The van der Waals surface area contributed by atoms with E-state index in [0.717, 1.165) is 27.2 Å². The molecule has 1 fully saturated rings. The number of carbonyl (C=O) groups is 2. The molecule has 0 unspecified atom stereocenters. The molecule has 2 aromatic carbocycles. The van der Waals surface area contributed by atoms with Gasteiger partial charge in [0.05, 0.1) is 5.92 Å². The van der Waals surface area contributed by atoms with Gasteiger partial charge >= 0.3 is 18.2 Å². The van der Waals surface area contributed by atoms with Crippen molar-refractivity contribution in [1.82, 2.24) is 4.90 Å². The molecule has 1 saturated heterocycles. The van der Waals surface area contributed by atoms with Crippen molar-refractivity contribution in [2.24, 2.45) is 5.92 Å². The zero-order valence-electron chi connectivity index (χ0n) is 15.9. The number of ether oxygens (including phenoxy) is 1. The van der Waals surface area contributed by atoms with Gasteiger partial charge in [-0.05, 0) is 35.1 Å². The van der Waals surface area contributed by atoms with E-state index in [0.29, 0.717) is 0 Å². The molecule has 2 aromatic rings. The maximum atomic E-state index is 13.0. The van der Waals surface area contributed by atoms with Crippen molar-refractivity contribution in [3.8, 4) is 11.1 Å². The summed E-state index contributed by atoms with van der Waals surface area (Å²) in [5.74, 6) is -3.41. The number of amides is 1. The molecule has 1 N–H and O–H groups in total. The van der Waals surface area contributed by atoms with E-state index in [-0.39, 0.29) is 25.5 Å². The van der Waals surface area contributed by atoms with Crippen LogP contribution in [0.4, 0.5) is 18.0 Å². The molecular weight excluding hydrogens is 399 g/mol. The molecule has 0 aromatic heterocycles. The number of piperidine rings is 1. The first-order chi connectivity index (χ1) is 14.3. The molecule has 8 heteroatoms. The van der Waals surface area contributed by atoms with Crippen molar-refractivity contribution < 1.29 is 32.6 Å². The summed E-state index contributed by atoms with van der Waals surface area (Å²) in [7, 11) is 0. The van der Waals surface area contributed by atoms with E-state index in [9.17, 15) is 27.9 Å². The van der Waals surface area contributed by atoms with Crippen LogP contribution >= 0.6 is 0 Å². The highest BCUT2D eigenvalue weighted by Crippen LogP contribution is 2.44. The van der Waals surface area contributed by atoms with Crippen LogP contribution in [0.25, 0.3) is 11.1 Å². The first kappa shape index (κ1) is 20.3. The lowest BCUT2D eigenvalue weighted by atomic mass is 9.90. The highest BCUT2D eigenvalue weighted by molar-refractivity contribution is 5.81. The molecule has 2 atom stereocenters. The van der Waals surface area contributed by atoms with Crippen molar-refractivity contribution in [2.75, 3.05) is 13.2 Å². The average Bonchev–Trinajstić information content (AvgIpc) is 3.04. The number of alkyl halides is 3. The maximum Gasteiger partial charge on any atom is 0.410 e. The predicted molar refractivity (Wildman–Crippen MR) is 102 cm³/mol. The Kier molecular flexibility index (Phi) is 5.17. The number of likely N-dealkylation sites (tertiary alicyclic amines) is 1. The summed E-state index contributed by atoms with van der Waals surface area (Å²) in [5.41, 5.74) is 4.08. The van der Waals surface area contributed by atoms with Gasteiger partial charge in [-0.15, -0.1) is 0 Å². The van der Waals surface area contributed by atoms with Crippen LogP contribution in [0.3, 0.4) is 0 Å². The molecule has 0 spiro atoms. The summed E-state index contributed by atoms with van der Waals surface area (Å²) >= 11 is 0. The highest BCUT2D eigenvalue weighted by atomic mass is 19.4. The molecule has 1 aliphatic heterocycles. The number of rotatable bonds is 3. The average molecular weight is 419 g/mol. The fourth-order valence-corrected chi connectivity index (χ4v) is 4.39.